The predicted octanol–water partition coefficient (Wildman–Crippen LogP) is 7.12. The van der Waals surface area contributed by atoms with E-state index in [1.165, 1.54) is 12.7 Å². The van der Waals surface area contributed by atoms with Crippen LogP contribution in [0.2, 0.25) is 0 Å². The molecule has 0 saturated heterocycles. The number of urea groups is 1. The maximum Gasteiger partial charge on any atom is 0.318 e. The number of carbonyl (C=O) groups excluding carboxylic acids is 3. The molecule has 56 heavy (non-hydrogen) atoms. The van der Waals surface area contributed by atoms with E-state index in [2.05, 4.69) is 46.3 Å². The highest BCUT2D eigenvalue weighted by Crippen LogP contribution is 2.30. The van der Waals surface area contributed by atoms with Crippen LogP contribution in [0.5, 0.6) is 0 Å². The van der Waals surface area contributed by atoms with Crippen LogP contribution in [-0.4, -0.2) is 62.0 Å². The molecular formula is C46H60N6O4. The van der Waals surface area contributed by atoms with Crippen molar-refractivity contribution in [2.24, 2.45) is 17.8 Å². The molecule has 0 bridgehead atoms. The molecule has 1 aromatic heterocycles. The zero-order chi connectivity index (χ0) is 39.7. The number of nitrogens with zero attached hydrogens (tertiary/aromatic N) is 2. The Morgan fingerprint density at radius 3 is 1.89 bits per heavy atom. The Bertz CT molecular complexity index is 1720. The summed E-state index contributed by atoms with van der Waals surface area (Å²) in [5.74, 6) is -0.132. The van der Waals surface area contributed by atoms with Crippen LogP contribution in [0.4, 0.5) is 4.79 Å². The van der Waals surface area contributed by atoms with E-state index in [0.29, 0.717) is 37.5 Å². The third-order valence-corrected chi connectivity index (χ3v) is 11.0. The number of rotatable bonds is 20. The van der Waals surface area contributed by atoms with Gasteiger partial charge in [-0.2, -0.15) is 0 Å². The van der Waals surface area contributed by atoms with Gasteiger partial charge in [-0.15, -0.1) is 6.58 Å². The van der Waals surface area contributed by atoms with Crippen molar-refractivity contribution in [3.05, 3.63) is 139 Å². The molecule has 5 rings (SSSR count). The van der Waals surface area contributed by atoms with Gasteiger partial charge >= 0.3 is 6.03 Å². The second-order valence-electron chi connectivity index (χ2n) is 15.6. The molecule has 10 heteroatoms. The lowest BCUT2D eigenvalue weighted by Crippen LogP contribution is -2.58. The van der Waals surface area contributed by atoms with Crippen molar-refractivity contribution >= 4 is 17.8 Å². The summed E-state index contributed by atoms with van der Waals surface area (Å²) >= 11 is 0. The van der Waals surface area contributed by atoms with Crippen LogP contribution in [0.15, 0.2) is 116 Å². The highest BCUT2D eigenvalue weighted by Gasteiger charge is 2.33. The number of imidazole rings is 1. The number of aliphatic hydroxyl groups is 1. The maximum atomic E-state index is 14.4. The third kappa shape index (κ3) is 13.2. The summed E-state index contributed by atoms with van der Waals surface area (Å²) in [6, 6.07) is 26.1. The number of aliphatic hydroxyl groups excluding tert-OH is 1. The molecule has 1 saturated carbocycles. The van der Waals surface area contributed by atoms with Gasteiger partial charge in [0.05, 0.1) is 24.2 Å². The van der Waals surface area contributed by atoms with E-state index < -0.39 is 42.1 Å². The van der Waals surface area contributed by atoms with Gasteiger partial charge in [-0.05, 0) is 47.3 Å². The SMILES string of the molecule is C=C[C@@H](C[C@H](O)[C@H](CC1CCCCC1)NC(=O)[C@H](Cc1c[nH]cn1)NC(=O)[C@H](Cc1ccccc1)NC(=O)N(Cc1ccccc1)Cc1ccccc1)C(C)C. The lowest BCUT2D eigenvalue weighted by Gasteiger charge is -2.33. The zero-order valence-corrected chi connectivity index (χ0v) is 33.0. The Morgan fingerprint density at radius 2 is 1.36 bits per heavy atom. The molecule has 5 atom stereocenters. The molecular weight excluding hydrogens is 701 g/mol. The molecule has 4 aromatic rings. The molecule has 0 spiro atoms. The van der Waals surface area contributed by atoms with E-state index in [-0.39, 0.29) is 24.7 Å². The molecule has 0 radical (unpaired) electrons. The molecule has 10 nitrogen and oxygen atoms in total. The van der Waals surface area contributed by atoms with Gasteiger partial charge in [0.1, 0.15) is 12.1 Å². The number of amides is 4. The van der Waals surface area contributed by atoms with Crippen LogP contribution in [-0.2, 0) is 35.5 Å². The summed E-state index contributed by atoms with van der Waals surface area (Å²) in [5.41, 5.74) is 3.37. The van der Waals surface area contributed by atoms with Crippen LogP contribution < -0.4 is 16.0 Å². The maximum absolute atomic E-state index is 14.4. The number of carbonyl (C=O) groups is 3. The Kier molecular flexibility index (Phi) is 16.3. The van der Waals surface area contributed by atoms with Crippen molar-refractivity contribution in [2.45, 2.75) is 109 Å². The summed E-state index contributed by atoms with van der Waals surface area (Å²) in [5, 5.41) is 20.9. The fraction of sp³-hybridized carbons (Fsp3) is 0.435. The molecule has 1 heterocycles. The quantitative estimate of drug-likeness (QED) is 0.0611. The first kappa shape index (κ1) is 41.9. The standard InChI is InChI=1S/C46H60N6O4/c1-4-38(33(2)3)27-43(53)40(25-34-17-9-5-10-18-34)49-45(55)42(28-39-29-47-32-48-39)50-44(54)41(26-35-19-11-6-12-20-35)51-46(56)52(30-36-21-13-7-14-22-36)31-37-23-15-8-16-24-37/h4,6-8,11-16,19-24,29,32-34,38,40-43,53H,1,5,9-10,17-18,25-28,30-31H2,2-3H3,(H,47,48)(H,49,55)(H,50,54)(H,51,56)/t38-,40-,41-,42-,43-/m0/s1. The summed E-state index contributed by atoms with van der Waals surface area (Å²) in [7, 11) is 0. The third-order valence-electron chi connectivity index (χ3n) is 11.0. The first-order valence-electron chi connectivity index (χ1n) is 20.2. The van der Waals surface area contributed by atoms with Crippen molar-refractivity contribution in [3.63, 3.8) is 0 Å². The molecule has 4 amide bonds. The van der Waals surface area contributed by atoms with Gasteiger partial charge in [-0.25, -0.2) is 9.78 Å². The first-order valence-corrected chi connectivity index (χ1v) is 20.2. The van der Waals surface area contributed by atoms with Gasteiger partial charge in [0.15, 0.2) is 0 Å². The molecule has 5 N–H and O–H groups in total. The molecule has 1 fully saturated rings. The lowest BCUT2D eigenvalue weighted by molar-refractivity contribution is -0.131. The second-order valence-corrected chi connectivity index (χ2v) is 15.6. The van der Waals surface area contributed by atoms with E-state index in [4.69, 9.17) is 0 Å². The smallest absolute Gasteiger partial charge is 0.318 e. The van der Waals surface area contributed by atoms with E-state index >= 15 is 0 Å². The number of hydrogen-bond donors (Lipinski definition) is 5. The molecule has 1 aliphatic carbocycles. The van der Waals surface area contributed by atoms with Gasteiger partial charge in [0, 0.05) is 32.1 Å². The van der Waals surface area contributed by atoms with Crippen LogP contribution in [0.25, 0.3) is 0 Å². The molecule has 0 unspecified atom stereocenters. The van der Waals surface area contributed by atoms with E-state index in [9.17, 15) is 19.5 Å². The van der Waals surface area contributed by atoms with Crippen molar-refractivity contribution in [3.8, 4) is 0 Å². The minimum atomic E-state index is -1.02. The number of H-pyrrole nitrogens is 1. The fourth-order valence-electron chi connectivity index (χ4n) is 7.66. The van der Waals surface area contributed by atoms with Gasteiger partial charge in [0.2, 0.25) is 11.8 Å². The summed E-state index contributed by atoms with van der Waals surface area (Å²) < 4.78 is 0. The highest BCUT2D eigenvalue weighted by atomic mass is 16.3. The number of hydrogen-bond acceptors (Lipinski definition) is 5. The summed E-state index contributed by atoms with van der Waals surface area (Å²) in [6.45, 7) is 8.89. The van der Waals surface area contributed by atoms with E-state index in [1.54, 1.807) is 11.1 Å². The van der Waals surface area contributed by atoms with Gasteiger partial charge in [-0.1, -0.05) is 143 Å². The average Bonchev–Trinajstić information content (AvgIpc) is 3.73. The van der Waals surface area contributed by atoms with Gasteiger partial charge in [0.25, 0.3) is 0 Å². The van der Waals surface area contributed by atoms with Crippen molar-refractivity contribution in [2.75, 3.05) is 0 Å². The van der Waals surface area contributed by atoms with Crippen molar-refractivity contribution in [1.29, 1.82) is 0 Å². The molecule has 1 aliphatic rings. The normalized spacial score (nSPS) is 15.9. The average molecular weight is 761 g/mol. The van der Waals surface area contributed by atoms with Gasteiger partial charge < -0.3 is 30.9 Å². The van der Waals surface area contributed by atoms with Crippen LogP contribution in [0.1, 0.15) is 81.2 Å². The van der Waals surface area contributed by atoms with Gasteiger partial charge in [-0.3, -0.25) is 9.59 Å². The van der Waals surface area contributed by atoms with E-state index in [0.717, 1.165) is 42.4 Å². The number of aromatic nitrogens is 2. The topological polar surface area (TPSA) is 139 Å². The lowest BCUT2D eigenvalue weighted by atomic mass is 9.81. The summed E-state index contributed by atoms with van der Waals surface area (Å²) in [4.78, 5) is 52.0. The Hall–Kier alpha value is -5.22. The monoisotopic (exact) mass is 760 g/mol. The highest BCUT2D eigenvalue weighted by molar-refractivity contribution is 5.92. The number of aromatic amines is 1. The Balaban J connectivity index is 1.39. The minimum Gasteiger partial charge on any atom is -0.391 e. The van der Waals surface area contributed by atoms with Crippen LogP contribution in [0, 0.1) is 17.8 Å². The molecule has 298 valence electrons. The first-order chi connectivity index (χ1) is 27.2. The van der Waals surface area contributed by atoms with Crippen LogP contribution in [0.3, 0.4) is 0 Å². The number of allylic oxidation sites excluding steroid dienone is 1. The van der Waals surface area contributed by atoms with Crippen LogP contribution >= 0.6 is 0 Å². The van der Waals surface area contributed by atoms with Crippen molar-refractivity contribution < 1.29 is 19.5 Å². The predicted molar refractivity (Wildman–Crippen MR) is 221 cm³/mol. The largest absolute Gasteiger partial charge is 0.391 e. The fourth-order valence-corrected chi connectivity index (χ4v) is 7.66. The summed E-state index contributed by atoms with van der Waals surface area (Å²) in [6.07, 6.45) is 11.4. The minimum absolute atomic E-state index is 0.0843. The Labute approximate surface area is 332 Å². The number of benzene rings is 3. The Morgan fingerprint density at radius 1 is 0.804 bits per heavy atom. The number of nitrogens with one attached hydrogen (secondary N) is 4. The van der Waals surface area contributed by atoms with Crippen molar-refractivity contribution in [1.82, 2.24) is 30.8 Å². The van der Waals surface area contributed by atoms with E-state index in [1.807, 2.05) is 97.1 Å². The molecule has 0 aliphatic heterocycles. The second kappa shape index (κ2) is 21.8. The zero-order valence-electron chi connectivity index (χ0n) is 33.0. The molecule has 3 aromatic carbocycles.